The third-order valence-corrected chi connectivity index (χ3v) is 5.81. The van der Waals surface area contributed by atoms with Gasteiger partial charge < -0.3 is 15.9 Å². The molecule has 1 saturated carbocycles. The predicted octanol–water partition coefficient (Wildman–Crippen LogP) is 3.43. The van der Waals surface area contributed by atoms with Crippen LogP contribution in [0.2, 0.25) is 0 Å². The Balaban J connectivity index is 1.54. The first kappa shape index (κ1) is 17.2. The van der Waals surface area contributed by atoms with Crippen molar-refractivity contribution in [3.05, 3.63) is 48.3 Å². The number of aromatic nitrogens is 3. The van der Waals surface area contributed by atoms with Crippen LogP contribution in [0.4, 0.5) is 11.4 Å². The standard InChI is InChI=1S/C21H24N6O/c1-2-27-20-17(13-24-27)19(25-15-6-4-3-5-7-15)16(12-23-20)18-10-21(28-26-18)8-14(9-21)11-22/h3-7,12-14H,2,8-11,22H2,1H3,(H,23,25). The van der Waals surface area contributed by atoms with Gasteiger partial charge in [0.25, 0.3) is 0 Å². The smallest absolute Gasteiger partial charge is 0.159 e. The van der Waals surface area contributed by atoms with E-state index >= 15 is 0 Å². The van der Waals surface area contributed by atoms with Crippen LogP contribution in [0.5, 0.6) is 0 Å². The summed E-state index contributed by atoms with van der Waals surface area (Å²) in [5.41, 5.74) is 10.4. The van der Waals surface area contributed by atoms with E-state index in [9.17, 15) is 0 Å². The minimum atomic E-state index is -0.175. The van der Waals surface area contributed by atoms with Crippen LogP contribution in [0.25, 0.3) is 11.0 Å². The molecule has 0 radical (unpaired) electrons. The highest BCUT2D eigenvalue weighted by Gasteiger charge is 2.50. The van der Waals surface area contributed by atoms with E-state index in [1.165, 1.54) is 0 Å². The molecule has 7 nitrogen and oxygen atoms in total. The molecule has 0 amide bonds. The highest BCUT2D eigenvalue weighted by atomic mass is 16.7. The fourth-order valence-electron chi connectivity index (χ4n) is 4.32. The molecule has 3 N–H and O–H groups in total. The van der Waals surface area contributed by atoms with E-state index in [4.69, 9.17) is 10.6 Å². The summed E-state index contributed by atoms with van der Waals surface area (Å²) < 4.78 is 1.90. The number of hydrogen-bond acceptors (Lipinski definition) is 6. The summed E-state index contributed by atoms with van der Waals surface area (Å²) in [4.78, 5) is 10.6. The number of oxime groups is 1. The van der Waals surface area contributed by atoms with Crippen LogP contribution in [0.15, 0.2) is 47.9 Å². The van der Waals surface area contributed by atoms with Gasteiger partial charge in [-0.05, 0) is 44.4 Å². The topological polar surface area (TPSA) is 90.3 Å². The molecule has 2 aliphatic rings. The molecule has 1 aliphatic heterocycles. The number of anilines is 2. The predicted molar refractivity (Wildman–Crippen MR) is 110 cm³/mol. The molecule has 28 heavy (non-hydrogen) atoms. The maximum absolute atomic E-state index is 5.88. The molecule has 1 spiro atoms. The van der Waals surface area contributed by atoms with Crippen LogP contribution >= 0.6 is 0 Å². The summed E-state index contributed by atoms with van der Waals surface area (Å²) in [6, 6.07) is 10.1. The van der Waals surface area contributed by atoms with E-state index < -0.39 is 0 Å². The van der Waals surface area contributed by atoms with E-state index in [0.717, 1.165) is 59.5 Å². The first-order chi connectivity index (χ1) is 13.7. The number of hydrogen-bond donors (Lipinski definition) is 2. The van der Waals surface area contributed by atoms with Crippen LogP contribution in [-0.2, 0) is 11.4 Å². The number of pyridine rings is 1. The Bertz CT molecular complexity index is 1040. The van der Waals surface area contributed by atoms with Crippen molar-refractivity contribution in [3.63, 3.8) is 0 Å². The van der Waals surface area contributed by atoms with Gasteiger partial charge in [0.2, 0.25) is 0 Å². The van der Waals surface area contributed by atoms with Crippen molar-refractivity contribution >= 4 is 28.1 Å². The van der Waals surface area contributed by atoms with Crippen LogP contribution in [0, 0.1) is 5.92 Å². The molecular weight excluding hydrogens is 352 g/mol. The first-order valence-corrected chi connectivity index (χ1v) is 9.83. The highest BCUT2D eigenvalue weighted by Crippen LogP contribution is 2.47. The van der Waals surface area contributed by atoms with Gasteiger partial charge in [0.1, 0.15) is 5.60 Å². The van der Waals surface area contributed by atoms with E-state index in [-0.39, 0.29) is 5.60 Å². The molecule has 1 aromatic carbocycles. The van der Waals surface area contributed by atoms with Gasteiger partial charge in [-0.2, -0.15) is 5.10 Å². The summed E-state index contributed by atoms with van der Waals surface area (Å²) >= 11 is 0. The summed E-state index contributed by atoms with van der Waals surface area (Å²) in [7, 11) is 0. The van der Waals surface area contributed by atoms with Crippen molar-refractivity contribution in [1.29, 1.82) is 0 Å². The van der Waals surface area contributed by atoms with Crippen molar-refractivity contribution in [2.75, 3.05) is 11.9 Å². The maximum atomic E-state index is 5.88. The molecule has 3 aromatic rings. The number of nitrogens with zero attached hydrogens (tertiary/aromatic N) is 4. The largest absolute Gasteiger partial charge is 0.389 e. The lowest BCUT2D eigenvalue weighted by Gasteiger charge is -2.41. The zero-order chi connectivity index (χ0) is 19.1. The molecular formula is C21H24N6O. The molecule has 7 heteroatoms. The maximum Gasteiger partial charge on any atom is 0.159 e. The number of para-hydroxylation sites is 1. The fraction of sp³-hybridized carbons (Fsp3) is 0.381. The van der Waals surface area contributed by atoms with Crippen LogP contribution < -0.4 is 11.1 Å². The molecule has 144 valence electrons. The second kappa shape index (κ2) is 6.60. The lowest BCUT2D eigenvalue weighted by Crippen LogP contribution is -2.46. The van der Waals surface area contributed by atoms with Gasteiger partial charge in [0, 0.05) is 30.4 Å². The Morgan fingerprint density at radius 3 is 2.82 bits per heavy atom. The van der Waals surface area contributed by atoms with Crippen LogP contribution in [0.3, 0.4) is 0 Å². The molecule has 2 aromatic heterocycles. The molecule has 0 saturated heterocycles. The third-order valence-electron chi connectivity index (χ3n) is 5.81. The Kier molecular flexibility index (Phi) is 4.05. The fourth-order valence-corrected chi connectivity index (χ4v) is 4.32. The number of benzene rings is 1. The number of nitrogens with two attached hydrogens (primary N) is 1. The Morgan fingerprint density at radius 1 is 1.25 bits per heavy atom. The van der Waals surface area contributed by atoms with Gasteiger partial charge in [-0.25, -0.2) is 9.67 Å². The normalized spacial score (nSPS) is 23.5. The van der Waals surface area contributed by atoms with Gasteiger partial charge >= 0.3 is 0 Å². The number of fused-ring (bicyclic) bond motifs is 1. The summed E-state index contributed by atoms with van der Waals surface area (Å²) in [6.45, 7) is 3.55. The number of rotatable bonds is 5. The molecule has 1 aliphatic carbocycles. The summed E-state index contributed by atoms with van der Waals surface area (Å²) in [5.74, 6) is 0.542. The van der Waals surface area contributed by atoms with Crippen molar-refractivity contribution in [2.45, 2.75) is 38.3 Å². The van der Waals surface area contributed by atoms with Crippen molar-refractivity contribution in [1.82, 2.24) is 14.8 Å². The van der Waals surface area contributed by atoms with Gasteiger partial charge in [-0.15, -0.1) is 0 Å². The highest BCUT2D eigenvalue weighted by molar-refractivity contribution is 6.11. The monoisotopic (exact) mass is 376 g/mol. The molecule has 5 rings (SSSR count). The lowest BCUT2D eigenvalue weighted by atomic mass is 9.68. The molecule has 3 heterocycles. The van der Waals surface area contributed by atoms with E-state index in [2.05, 4.69) is 27.5 Å². The minimum absolute atomic E-state index is 0.175. The number of aryl methyl sites for hydroxylation is 1. The van der Waals surface area contributed by atoms with E-state index in [0.29, 0.717) is 12.5 Å². The SMILES string of the molecule is CCn1ncc2c(Nc3ccccc3)c(C3=NOC4(C3)CC(CN)C4)cnc21. The summed E-state index contributed by atoms with van der Waals surface area (Å²) in [6.07, 6.45) is 6.51. The van der Waals surface area contributed by atoms with Crippen molar-refractivity contribution < 1.29 is 4.84 Å². The van der Waals surface area contributed by atoms with Gasteiger partial charge in [-0.3, -0.25) is 0 Å². The Hall–Kier alpha value is -2.93. The molecule has 1 fully saturated rings. The summed E-state index contributed by atoms with van der Waals surface area (Å²) in [5, 5.41) is 13.5. The Morgan fingerprint density at radius 2 is 2.07 bits per heavy atom. The average Bonchev–Trinajstić information content (AvgIpc) is 3.32. The Labute approximate surface area is 163 Å². The average molecular weight is 376 g/mol. The van der Waals surface area contributed by atoms with Gasteiger partial charge in [0.05, 0.1) is 23.0 Å². The number of nitrogens with one attached hydrogen (secondary N) is 1. The van der Waals surface area contributed by atoms with Crippen molar-refractivity contribution in [3.8, 4) is 0 Å². The van der Waals surface area contributed by atoms with Gasteiger partial charge in [0.15, 0.2) is 5.65 Å². The quantitative estimate of drug-likeness (QED) is 0.712. The second-order valence-corrected chi connectivity index (χ2v) is 7.73. The zero-order valence-corrected chi connectivity index (χ0v) is 15.9. The molecule has 0 bridgehead atoms. The zero-order valence-electron chi connectivity index (χ0n) is 15.9. The van der Waals surface area contributed by atoms with Crippen LogP contribution in [0.1, 0.15) is 31.7 Å². The van der Waals surface area contributed by atoms with Crippen molar-refractivity contribution in [2.24, 2.45) is 16.8 Å². The van der Waals surface area contributed by atoms with E-state index in [1.54, 1.807) is 0 Å². The third kappa shape index (κ3) is 2.74. The first-order valence-electron chi connectivity index (χ1n) is 9.83. The molecule has 0 atom stereocenters. The van der Waals surface area contributed by atoms with E-state index in [1.807, 2.05) is 47.4 Å². The lowest BCUT2D eigenvalue weighted by molar-refractivity contribution is -0.105. The second-order valence-electron chi connectivity index (χ2n) is 7.73. The van der Waals surface area contributed by atoms with Crippen LogP contribution in [-0.4, -0.2) is 32.6 Å². The minimum Gasteiger partial charge on any atom is -0.389 e. The molecule has 0 unspecified atom stereocenters. The van der Waals surface area contributed by atoms with Gasteiger partial charge in [-0.1, -0.05) is 23.4 Å².